The summed E-state index contributed by atoms with van der Waals surface area (Å²) >= 11 is 0. The average molecular weight is 310 g/mol. The summed E-state index contributed by atoms with van der Waals surface area (Å²) < 4.78 is 4.67. The average Bonchev–Trinajstić information content (AvgIpc) is 2.62. The van der Waals surface area contributed by atoms with Gasteiger partial charge in [0.15, 0.2) is 0 Å². The molecule has 2 aromatic carbocycles. The van der Waals surface area contributed by atoms with Gasteiger partial charge in [0.1, 0.15) is 0 Å². The maximum Gasteiger partial charge on any atom is 0.337 e. The van der Waals surface area contributed by atoms with Crippen LogP contribution in [0.3, 0.4) is 0 Å². The molecule has 4 heteroatoms. The van der Waals surface area contributed by atoms with Crippen LogP contribution >= 0.6 is 0 Å². The highest BCUT2D eigenvalue weighted by Crippen LogP contribution is 2.16. The summed E-state index contributed by atoms with van der Waals surface area (Å²) in [6, 6.07) is 15.3. The van der Waals surface area contributed by atoms with E-state index >= 15 is 0 Å². The minimum Gasteiger partial charge on any atom is -0.465 e. The van der Waals surface area contributed by atoms with Gasteiger partial charge < -0.3 is 9.64 Å². The van der Waals surface area contributed by atoms with Crippen LogP contribution in [0.25, 0.3) is 0 Å². The summed E-state index contributed by atoms with van der Waals surface area (Å²) in [5, 5.41) is 0. The van der Waals surface area contributed by atoms with Gasteiger partial charge in [0, 0.05) is 25.0 Å². The minimum atomic E-state index is -0.340. The predicted molar refractivity (Wildman–Crippen MR) is 95.0 cm³/mol. The Morgan fingerprint density at radius 1 is 1.04 bits per heavy atom. The van der Waals surface area contributed by atoms with E-state index in [-0.39, 0.29) is 5.97 Å². The molecule has 0 aromatic heterocycles. The molecule has 0 radical (unpaired) electrons. The lowest BCUT2D eigenvalue weighted by Gasteiger charge is -2.20. The van der Waals surface area contributed by atoms with Crippen molar-refractivity contribution in [2.45, 2.75) is 13.8 Å². The van der Waals surface area contributed by atoms with E-state index < -0.39 is 0 Å². The van der Waals surface area contributed by atoms with E-state index in [1.807, 2.05) is 6.21 Å². The van der Waals surface area contributed by atoms with Crippen molar-refractivity contribution in [3.05, 3.63) is 59.7 Å². The van der Waals surface area contributed by atoms with Crippen molar-refractivity contribution >= 4 is 23.6 Å². The molecule has 0 aliphatic rings. The molecule has 0 atom stereocenters. The number of hydrogen-bond acceptors (Lipinski definition) is 4. The summed E-state index contributed by atoms with van der Waals surface area (Å²) in [6.45, 7) is 6.29. The third-order valence-electron chi connectivity index (χ3n) is 3.67. The molecule has 0 heterocycles. The van der Waals surface area contributed by atoms with Crippen molar-refractivity contribution in [1.82, 2.24) is 0 Å². The van der Waals surface area contributed by atoms with Crippen LogP contribution in [-0.2, 0) is 4.74 Å². The normalized spacial score (nSPS) is 10.7. The van der Waals surface area contributed by atoms with Crippen molar-refractivity contribution in [3.8, 4) is 0 Å². The molecule has 0 N–H and O–H groups in total. The van der Waals surface area contributed by atoms with E-state index in [0.29, 0.717) is 5.56 Å². The number of nitrogens with zero attached hydrogens (tertiary/aromatic N) is 2. The number of aliphatic imine (C=N–C) groups is 1. The van der Waals surface area contributed by atoms with Gasteiger partial charge in [0.25, 0.3) is 0 Å². The van der Waals surface area contributed by atoms with Crippen molar-refractivity contribution < 1.29 is 9.53 Å². The Labute approximate surface area is 137 Å². The van der Waals surface area contributed by atoms with E-state index in [1.54, 1.807) is 24.3 Å². The van der Waals surface area contributed by atoms with Gasteiger partial charge in [-0.15, -0.1) is 0 Å². The molecule has 0 bridgehead atoms. The second-order valence-electron chi connectivity index (χ2n) is 5.06. The van der Waals surface area contributed by atoms with Crippen LogP contribution < -0.4 is 4.90 Å². The second-order valence-corrected chi connectivity index (χ2v) is 5.06. The van der Waals surface area contributed by atoms with E-state index in [1.165, 1.54) is 12.8 Å². The fourth-order valence-electron chi connectivity index (χ4n) is 2.31. The zero-order valence-corrected chi connectivity index (χ0v) is 13.8. The predicted octanol–water partition coefficient (Wildman–Crippen LogP) is 4.07. The SMILES string of the molecule is CCN(CC)c1ccc(C=Nc2ccc(C(=O)OC)cc2)cc1. The molecule has 0 amide bonds. The molecule has 23 heavy (non-hydrogen) atoms. The summed E-state index contributed by atoms with van der Waals surface area (Å²) in [7, 11) is 1.37. The smallest absolute Gasteiger partial charge is 0.337 e. The van der Waals surface area contributed by atoms with Gasteiger partial charge in [-0.1, -0.05) is 12.1 Å². The number of anilines is 1. The van der Waals surface area contributed by atoms with Gasteiger partial charge in [-0.05, 0) is 55.8 Å². The Balaban J connectivity index is 2.06. The zero-order valence-electron chi connectivity index (χ0n) is 13.8. The maximum atomic E-state index is 11.4. The lowest BCUT2D eigenvalue weighted by Crippen LogP contribution is -2.21. The van der Waals surface area contributed by atoms with Crippen LogP contribution in [0.2, 0.25) is 0 Å². The Hall–Kier alpha value is -2.62. The lowest BCUT2D eigenvalue weighted by atomic mass is 10.2. The fraction of sp³-hybridized carbons (Fsp3) is 0.263. The number of methoxy groups -OCH3 is 1. The van der Waals surface area contributed by atoms with Gasteiger partial charge in [0.05, 0.1) is 18.4 Å². The van der Waals surface area contributed by atoms with Crippen molar-refractivity contribution in [2.24, 2.45) is 4.99 Å². The van der Waals surface area contributed by atoms with Gasteiger partial charge >= 0.3 is 5.97 Å². The van der Waals surface area contributed by atoms with Crippen LogP contribution in [0.1, 0.15) is 29.8 Å². The molecule has 0 aliphatic heterocycles. The summed E-state index contributed by atoms with van der Waals surface area (Å²) in [6.07, 6.45) is 1.82. The molecular formula is C19H22N2O2. The van der Waals surface area contributed by atoms with E-state index in [9.17, 15) is 4.79 Å². The van der Waals surface area contributed by atoms with Crippen molar-refractivity contribution in [1.29, 1.82) is 0 Å². The first kappa shape index (κ1) is 16.7. The molecule has 4 nitrogen and oxygen atoms in total. The number of carbonyl (C=O) groups is 1. The number of hydrogen-bond donors (Lipinski definition) is 0. The molecule has 0 aliphatic carbocycles. The Morgan fingerprint density at radius 2 is 1.65 bits per heavy atom. The van der Waals surface area contributed by atoms with Crippen molar-refractivity contribution in [2.75, 3.05) is 25.1 Å². The Kier molecular flexibility index (Phi) is 5.92. The lowest BCUT2D eigenvalue weighted by molar-refractivity contribution is 0.0601. The number of ether oxygens (including phenoxy) is 1. The highest BCUT2D eigenvalue weighted by atomic mass is 16.5. The molecule has 0 fully saturated rings. The first-order valence-electron chi connectivity index (χ1n) is 7.75. The van der Waals surface area contributed by atoms with Crippen LogP contribution in [-0.4, -0.2) is 32.4 Å². The number of esters is 1. The quantitative estimate of drug-likeness (QED) is 0.596. The molecule has 120 valence electrons. The number of rotatable bonds is 6. The largest absolute Gasteiger partial charge is 0.465 e. The number of benzene rings is 2. The highest BCUT2D eigenvalue weighted by Gasteiger charge is 2.03. The van der Waals surface area contributed by atoms with Crippen LogP contribution in [0.5, 0.6) is 0 Å². The molecule has 0 saturated heterocycles. The van der Waals surface area contributed by atoms with Gasteiger partial charge in [0.2, 0.25) is 0 Å². The second kappa shape index (κ2) is 8.13. The first-order valence-corrected chi connectivity index (χ1v) is 7.75. The van der Waals surface area contributed by atoms with Crippen LogP contribution in [0, 0.1) is 0 Å². The molecular weight excluding hydrogens is 288 g/mol. The fourth-order valence-corrected chi connectivity index (χ4v) is 2.31. The zero-order chi connectivity index (χ0) is 16.7. The van der Waals surface area contributed by atoms with E-state index in [0.717, 1.165) is 24.3 Å². The van der Waals surface area contributed by atoms with E-state index in [4.69, 9.17) is 0 Å². The highest BCUT2D eigenvalue weighted by molar-refractivity contribution is 5.90. The summed E-state index contributed by atoms with van der Waals surface area (Å²) in [5.41, 5.74) is 3.58. The number of carbonyl (C=O) groups excluding carboxylic acids is 1. The molecule has 0 spiro atoms. The van der Waals surface area contributed by atoms with E-state index in [2.05, 4.69) is 52.7 Å². The minimum absolute atomic E-state index is 0.340. The Bertz CT molecular complexity index is 657. The van der Waals surface area contributed by atoms with Gasteiger partial charge in [-0.3, -0.25) is 4.99 Å². The molecule has 2 rings (SSSR count). The van der Waals surface area contributed by atoms with Gasteiger partial charge in [-0.25, -0.2) is 4.79 Å². The first-order chi connectivity index (χ1) is 11.2. The molecule has 2 aromatic rings. The standard InChI is InChI=1S/C19H22N2O2/c1-4-21(5-2)18-12-6-15(7-13-18)14-20-17-10-8-16(9-11-17)19(22)23-3/h6-14H,4-5H2,1-3H3. The Morgan fingerprint density at radius 3 is 2.17 bits per heavy atom. The van der Waals surface area contributed by atoms with Gasteiger partial charge in [-0.2, -0.15) is 0 Å². The van der Waals surface area contributed by atoms with Crippen LogP contribution in [0.15, 0.2) is 53.5 Å². The third kappa shape index (κ3) is 4.42. The third-order valence-corrected chi connectivity index (χ3v) is 3.67. The molecule has 0 unspecified atom stereocenters. The summed E-state index contributed by atoms with van der Waals surface area (Å²) in [5.74, 6) is -0.340. The monoisotopic (exact) mass is 310 g/mol. The van der Waals surface area contributed by atoms with Crippen LogP contribution in [0.4, 0.5) is 11.4 Å². The topological polar surface area (TPSA) is 41.9 Å². The maximum absolute atomic E-state index is 11.4. The van der Waals surface area contributed by atoms with Crippen molar-refractivity contribution in [3.63, 3.8) is 0 Å². The molecule has 0 saturated carbocycles. The summed E-state index contributed by atoms with van der Waals surface area (Å²) in [4.78, 5) is 18.1.